The van der Waals surface area contributed by atoms with Crippen LogP contribution >= 0.6 is 0 Å². The van der Waals surface area contributed by atoms with Crippen LogP contribution in [-0.4, -0.2) is 68.1 Å². The van der Waals surface area contributed by atoms with E-state index in [9.17, 15) is 14.4 Å². The standard InChI is InChI=1S/C28H32N8O5/c1-28(2,3)41-27(39)34(4)19-15-22(31-18-9-8-14-35(26(18)38)23-10-6-7-13-29-23)33-36-20(16-30-24(19)36)25(37)32-17-11-12-21(17)40-5/h6-10,13-17,21H,11-12H2,1-5H3,(H,31,33)(H,32,37)/t17?,21-/m0/s1. The molecule has 13 nitrogen and oxygen atoms in total. The number of aromatic nitrogens is 5. The number of carbonyl (C=O) groups excluding carboxylic acids is 2. The lowest BCUT2D eigenvalue weighted by molar-refractivity contribution is 0.00718. The third-order valence-corrected chi connectivity index (χ3v) is 6.65. The predicted octanol–water partition coefficient (Wildman–Crippen LogP) is 3.30. The predicted molar refractivity (Wildman–Crippen MR) is 152 cm³/mol. The van der Waals surface area contributed by atoms with Gasteiger partial charge in [-0.2, -0.15) is 0 Å². The molecule has 0 saturated heterocycles. The minimum Gasteiger partial charge on any atom is -0.443 e. The summed E-state index contributed by atoms with van der Waals surface area (Å²) in [5.41, 5.74) is -0.172. The zero-order valence-corrected chi connectivity index (χ0v) is 23.5. The molecule has 0 aromatic carbocycles. The lowest BCUT2D eigenvalue weighted by atomic mass is 9.89. The molecule has 1 unspecified atom stereocenters. The topological polar surface area (TPSA) is 145 Å². The van der Waals surface area contributed by atoms with Crippen LogP contribution in [0, 0.1) is 0 Å². The maximum atomic E-state index is 13.3. The van der Waals surface area contributed by atoms with Gasteiger partial charge in [0.2, 0.25) is 0 Å². The van der Waals surface area contributed by atoms with Crippen molar-refractivity contribution in [3.05, 3.63) is 71.0 Å². The monoisotopic (exact) mass is 560 g/mol. The van der Waals surface area contributed by atoms with E-state index in [0.717, 1.165) is 12.8 Å². The second-order valence-electron chi connectivity index (χ2n) is 10.7. The SMILES string of the molecule is CO[C@H]1CCC1NC(=O)c1cnc2c(N(C)C(=O)OC(C)(C)C)cc(Nc3cccn(-c4ccccn4)c3=O)nn12. The second-order valence-corrected chi connectivity index (χ2v) is 10.7. The van der Waals surface area contributed by atoms with Crippen molar-refractivity contribution in [1.82, 2.24) is 29.5 Å². The molecule has 4 aromatic heterocycles. The van der Waals surface area contributed by atoms with Crippen molar-refractivity contribution in [2.24, 2.45) is 0 Å². The van der Waals surface area contributed by atoms with Crippen molar-refractivity contribution in [3.8, 4) is 5.82 Å². The fourth-order valence-corrected chi connectivity index (χ4v) is 4.41. The summed E-state index contributed by atoms with van der Waals surface area (Å²) in [4.78, 5) is 49.5. The van der Waals surface area contributed by atoms with Gasteiger partial charge in [0.25, 0.3) is 11.5 Å². The number of amides is 2. The van der Waals surface area contributed by atoms with Crippen LogP contribution in [0.15, 0.2) is 59.8 Å². The highest BCUT2D eigenvalue weighted by atomic mass is 16.6. The maximum absolute atomic E-state index is 13.3. The molecule has 214 valence electrons. The molecule has 1 aliphatic rings. The van der Waals surface area contributed by atoms with Gasteiger partial charge in [-0.05, 0) is 57.9 Å². The second kappa shape index (κ2) is 11.0. The number of carbonyl (C=O) groups is 2. The number of hydrogen-bond donors (Lipinski definition) is 2. The maximum Gasteiger partial charge on any atom is 0.414 e. The molecule has 2 amide bonds. The molecule has 0 radical (unpaired) electrons. The zero-order valence-electron chi connectivity index (χ0n) is 23.5. The Morgan fingerprint density at radius 2 is 1.93 bits per heavy atom. The molecule has 0 spiro atoms. The van der Waals surface area contributed by atoms with Crippen LogP contribution in [-0.2, 0) is 9.47 Å². The summed E-state index contributed by atoms with van der Waals surface area (Å²) in [5, 5.41) is 10.6. The molecule has 2 atom stereocenters. The van der Waals surface area contributed by atoms with Gasteiger partial charge in [-0.25, -0.2) is 19.3 Å². The Morgan fingerprint density at radius 3 is 2.59 bits per heavy atom. The van der Waals surface area contributed by atoms with Crippen molar-refractivity contribution in [2.75, 3.05) is 24.4 Å². The smallest absolute Gasteiger partial charge is 0.414 e. The van der Waals surface area contributed by atoms with Crippen LogP contribution in [0.2, 0.25) is 0 Å². The first-order chi connectivity index (χ1) is 19.6. The highest BCUT2D eigenvalue weighted by Crippen LogP contribution is 2.27. The number of pyridine rings is 2. The average molecular weight is 561 g/mol. The first kappa shape index (κ1) is 27.8. The summed E-state index contributed by atoms with van der Waals surface area (Å²) in [6, 6.07) is 10.0. The number of rotatable bonds is 7. The van der Waals surface area contributed by atoms with E-state index in [4.69, 9.17) is 9.47 Å². The van der Waals surface area contributed by atoms with Gasteiger partial charge in [0.15, 0.2) is 17.2 Å². The Hall–Kier alpha value is -4.78. The van der Waals surface area contributed by atoms with Gasteiger partial charge in [-0.15, -0.1) is 5.10 Å². The molecule has 4 heterocycles. The molecule has 5 rings (SSSR count). The highest BCUT2D eigenvalue weighted by Gasteiger charge is 2.33. The van der Waals surface area contributed by atoms with Gasteiger partial charge >= 0.3 is 6.09 Å². The number of hydrogen-bond acceptors (Lipinski definition) is 9. The van der Waals surface area contributed by atoms with Crippen molar-refractivity contribution in [3.63, 3.8) is 0 Å². The minimum atomic E-state index is -0.739. The summed E-state index contributed by atoms with van der Waals surface area (Å²) in [6.07, 6.45) is 5.57. The summed E-state index contributed by atoms with van der Waals surface area (Å²) < 4.78 is 13.7. The van der Waals surface area contributed by atoms with Crippen LogP contribution in [0.25, 0.3) is 11.5 Å². The van der Waals surface area contributed by atoms with Crippen LogP contribution < -0.4 is 21.1 Å². The number of ether oxygens (including phenoxy) is 2. The van der Waals surface area contributed by atoms with Gasteiger partial charge in [0, 0.05) is 32.6 Å². The molecule has 2 N–H and O–H groups in total. The summed E-state index contributed by atoms with van der Waals surface area (Å²) in [6.45, 7) is 5.30. The van der Waals surface area contributed by atoms with E-state index >= 15 is 0 Å². The number of methoxy groups -OCH3 is 1. The molecule has 1 aliphatic carbocycles. The van der Waals surface area contributed by atoms with E-state index in [1.165, 1.54) is 27.2 Å². The van der Waals surface area contributed by atoms with Gasteiger partial charge in [-0.3, -0.25) is 19.1 Å². The summed E-state index contributed by atoms with van der Waals surface area (Å²) in [5.74, 6) is 0.259. The molecule has 1 fully saturated rings. The quantitative estimate of drug-likeness (QED) is 0.348. The largest absolute Gasteiger partial charge is 0.443 e. The lowest BCUT2D eigenvalue weighted by Crippen LogP contribution is -2.51. The van der Waals surface area contributed by atoms with E-state index in [1.54, 1.807) is 76.7 Å². The molecular weight excluding hydrogens is 528 g/mol. The molecule has 4 aromatic rings. The average Bonchev–Trinajstić information content (AvgIpc) is 3.35. The normalized spacial score (nSPS) is 16.6. The van der Waals surface area contributed by atoms with Gasteiger partial charge in [0.05, 0.1) is 24.0 Å². The third kappa shape index (κ3) is 5.75. The number of fused-ring (bicyclic) bond motifs is 1. The van der Waals surface area contributed by atoms with E-state index in [2.05, 4.69) is 25.7 Å². The number of nitrogens with zero attached hydrogens (tertiary/aromatic N) is 6. The van der Waals surface area contributed by atoms with Crippen LogP contribution in [0.4, 0.5) is 22.0 Å². The molecular formula is C28H32N8O5. The first-order valence-corrected chi connectivity index (χ1v) is 13.1. The van der Waals surface area contributed by atoms with Crippen LogP contribution in [0.3, 0.4) is 0 Å². The van der Waals surface area contributed by atoms with E-state index in [1.807, 2.05) is 0 Å². The fourth-order valence-electron chi connectivity index (χ4n) is 4.41. The van der Waals surface area contributed by atoms with E-state index in [0.29, 0.717) is 11.5 Å². The van der Waals surface area contributed by atoms with Gasteiger partial charge < -0.3 is 20.1 Å². The lowest BCUT2D eigenvalue weighted by Gasteiger charge is -2.35. The summed E-state index contributed by atoms with van der Waals surface area (Å²) >= 11 is 0. The Morgan fingerprint density at radius 1 is 1.12 bits per heavy atom. The fraction of sp³-hybridized carbons (Fsp3) is 0.357. The molecule has 13 heteroatoms. The zero-order chi connectivity index (χ0) is 29.3. The molecule has 41 heavy (non-hydrogen) atoms. The molecule has 0 aliphatic heterocycles. The van der Waals surface area contributed by atoms with E-state index in [-0.39, 0.29) is 40.6 Å². The van der Waals surface area contributed by atoms with Gasteiger partial charge in [0.1, 0.15) is 17.1 Å². The van der Waals surface area contributed by atoms with E-state index < -0.39 is 17.6 Å². The number of nitrogens with one attached hydrogen (secondary N) is 2. The van der Waals surface area contributed by atoms with Crippen molar-refractivity contribution in [1.29, 1.82) is 0 Å². The third-order valence-electron chi connectivity index (χ3n) is 6.65. The minimum absolute atomic E-state index is 0.0588. The highest BCUT2D eigenvalue weighted by molar-refractivity contribution is 5.96. The van der Waals surface area contributed by atoms with Crippen molar-refractivity contribution < 1.29 is 19.1 Å². The number of anilines is 3. The van der Waals surface area contributed by atoms with Crippen LogP contribution in [0.1, 0.15) is 44.1 Å². The van der Waals surface area contributed by atoms with Crippen LogP contribution in [0.5, 0.6) is 0 Å². The van der Waals surface area contributed by atoms with Crippen molar-refractivity contribution >= 4 is 34.8 Å². The van der Waals surface area contributed by atoms with Crippen molar-refractivity contribution in [2.45, 2.75) is 51.4 Å². The molecule has 0 bridgehead atoms. The Kier molecular flexibility index (Phi) is 7.45. The Balaban J connectivity index is 1.56. The summed E-state index contributed by atoms with van der Waals surface area (Å²) in [7, 11) is 3.15. The Bertz CT molecular complexity index is 1640. The van der Waals surface area contributed by atoms with Gasteiger partial charge in [-0.1, -0.05) is 6.07 Å². The molecule has 1 saturated carbocycles. The number of imidazole rings is 1. The Labute approximate surface area is 236 Å². The first-order valence-electron chi connectivity index (χ1n) is 13.1.